The molecule has 0 amide bonds. The van der Waals surface area contributed by atoms with E-state index in [0.717, 1.165) is 10.7 Å². The molecule has 0 unspecified atom stereocenters. The maximum absolute atomic E-state index is 12.8. The molecule has 0 radical (unpaired) electrons. The molecule has 0 spiro atoms. The van der Waals surface area contributed by atoms with Gasteiger partial charge >= 0.3 is 6.18 Å². The van der Waals surface area contributed by atoms with Crippen LogP contribution >= 0.6 is 0 Å². The molecule has 1 heterocycles. The van der Waals surface area contributed by atoms with Crippen molar-refractivity contribution in [2.24, 2.45) is 0 Å². The summed E-state index contributed by atoms with van der Waals surface area (Å²) in [7, 11) is 1.67. The minimum atomic E-state index is -4.37. The van der Waals surface area contributed by atoms with Gasteiger partial charge in [0.15, 0.2) is 0 Å². The van der Waals surface area contributed by atoms with Gasteiger partial charge in [-0.05, 0) is 33.9 Å². The molecule has 1 N–H and O–H groups in total. The molecule has 1 aromatic rings. The Kier molecular flexibility index (Phi) is 3.33. The smallest absolute Gasteiger partial charge is 0.314 e. The van der Waals surface area contributed by atoms with Gasteiger partial charge in [0.1, 0.15) is 5.69 Å². The first-order chi connectivity index (χ1) is 7.16. The van der Waals surface area contributed by atoms with Gasteiger partial charge in [0, 0.05) is 6.54 Å². The lowest BCUT2D eigenvalue weighted by atomic mass is 10.1. The summed E-state index contributed by atoms with van der Waals surface area (Å²) < 4.78 is 39.3. The lowest BCUT2D eigenvalue weighted by molar-refractivity contribution is -0.146. The SMILES string of the molecule is CNCc1cc(C(F)(F)F)n(C(C)(C)C)n1. The number of aromatic nitrogens is 2. The standard InChI is InChI=1S/C10H16F3N3/c1-9(2,3)16-8(10(11,12)13)5-7(15-16)6-14-4/h5,14H,6H2,1-4H3. The van der Waals surface area contributed by atoms with Crippen LogP contribution in [0.15, 0.2) is 6.07 Å². The number of hydrogen-bond donors (Lipinski definition) is 1. The van der Waals surface area contributed by atoms with Gasteiger partial charge in [0.25, 0.3) is 0 Å². The zero-order valence-corrected chi connectivity index (χ0v) is 9.81. The number of halogens is 3. The molecule has 92 valence electrons. The number of nitrogens with one attached hydrogen (secondary N) is 1. The highest BCUT2D eigenvalue weighted by atomic mass is 19.4. The zero-order valence-electron chi connectivity index (χ0n) is 9.81. The maximum Gasteiger partial charge on any atom is 0.433 e. The van der Waals surface area contributed by atoms with Crippen molar-refractivity contribution in [3.8, 4) is 0 Å². The lowest BCUT2D eigenvalue weighted by Crippen LogP contribution is -2.28. The Bertz CT molecular complexity index is 329. The summed E-state index contributed by atoms with van der Waals surface area (Å²) in [6.45, 7) is 5.40. The summed E-state index contributed by atoms with van der Waals surface area (Å²) in [6, 6.07) is 1.09. The minimum Gasteiger partial charge on any atom is -0.314 e. The van der Waals surface area contributed by atoms with E-state index in [4.69, 9.17) is 0 Å². The quantitative estimate of drug-likeness (QED) is 0.852. The number of nitrogens with zero attached hydrogens (tertiary/aromatic N) is 2. The predicted molar refractivity (Wildman–Crippen MR) is 55.0 cm³/mol. The van der Waals surface area contributed by atoms with Crippen LogP contribution in [0.5, 0.6) is 0 Å². The Balaban J connectivity index is 3.24. The van der Waals surface area contributed by atoms with Gasteiger partial charge < -0.3 is 5.32 Å². The molecule has 0 fully saturated rings. The minimum absolute atomic E-state index is 0.326. The second kappa shape index (κ2) is 4.08. The third-order valence-electron chi connectivity index (χ3n) is 2.04. The van der Waals surface area contributed by atoms with Crippen molar-refractivity contribution >= 4 is 0 Å². The largest absolute Gasteiger partial charge is 0.433 e. The van der Waals surface area contributed by atoms with E-state index in [0.29, 0.717) is 12.2 Å². The van der Waals surface area contributed by atoms with E-state index < -0.39 is 17.4 Å². The van der Waals surface area contributed by atoms with Crippen LogP contribution in [0.1, 0.15) is 32.2 Å². The molecule has 0 saturated carbocycles. The average Bonchev–Trinajstić information content (AvgIpc) is 2.47. The van der Waals surface area contributed by atoms with E-state index in [2.05, 4.69) is 10.4 Å². The van der Waals surface area contributed by atoms with E-state index in [1.54, 1.807) is 27.8 Å². The van der Waals surface area contributed by atoms with Crippen molar-refractivity contribution in [2.45, 2.75) is 39.0 Å². The van der Waals surface area contributed by atoms with Gasteiger partial charge in [-0.2, -0.15) is 18.3 Å². The molecule has 1 aromatic heterocycles. The van der Waals surface area contributed by atoms with E-state index in [1.165, 1.54) is 0 Å². The second-order valence-corrected chi connectivity index (χ2v) is 4.63. The van der Waals surface area contributed by atoms with Crippen LogP contribution in [0, 0.1) is 0 Å². The van der Waals surface area contributed by atoms with E-state index in [1.807, 2.05) is 0 Å². The Morgan fingerprint density at radius 1 is 1.31 bits per heavy atom. The Hall–Kier alpha value is -1.04. The number of rotatable bonds is 2. The lowest BCUT2D eigenvalue weighted by Gasteiger charge is -2.23. The van der Waals surface area contributed by atoms with Gasteiger partial charge in [0.2, 0.25) is 0 Å². The Morgan fingerprint density at radius 3 is 2.19 bits per heavy atom. The summed E-state index contributed by atoms with van der Waals surface area (Å²) >= 11 is 0. The van der Waals surface area contributed by atoms with Crippen LogP contribution < -0.4 is 5.32 Å². The molecular weight excluding hydrogens is 219 g/mol. The van der Waals surface area contributed by atoms with Crippen molar-refractivity contribution in [2.75, 3.05) is 7.05 Å². The van der Waals surface area contributed by atoms with Gasteiger partial charge in [-0.3, -0.25) is 4.68 Å². The molecule has 0 aliphatic heterocycles. The predicted octanol–water partition coefficient (Wildman–Crippen LogP) is 2.38. The number of alkyl halides is 3. The highest BCUT2D eigenvalue weighted by Gasteiger charge is 2.38. The molecule has 16 heavy (non-hydrogen) atoms. The fourth-order valence-electron chi connectivity index (χ4n) is 1.41. The normalized spacial score (nSPS) is 13.2. The van der Waals surface area contributed by atoms with Gasteiger partial charge in [-0.25, -0.2) is 0 Å². The van der Waals surface area contributed by atoms with E-state index >= 15 is 0 Å². The molecule has 3 nitrogen and oxygen atoms in total. The van der Waals surface area contributed by atoms with Crippen LogP contribution in [0.2, 0.25) is 0 Å². The molecule has 0 atom stereocenters. The van der Waals surface area contributed by atoms with Crippen LogP contribution in [0.3, 0.4) is 0 Å². The van der Waals surface area contributed by atoms with Crippen molar-refractivity contribution < 1.29 is 13.2 Å². The molecule has 1 rings (SSSR count). The molecule has 6 heteroatoms. The molecule has 0 aliphatic carbocycles. The third kappa shape index (κ3) is 2.75. The molecule has 0 saturated heterocycles. The van der Waals surface area contributed by atoms with E-state index in [-0.39, 0.29) is 0 Å². The van der Waals surface area contributed by atoms with Crippen LogP contribution in [0.25, 0.3) is 0 Å². The van der Waals surface area contributed by atoms with Crippen LogP contribution in [-0.2, 0) is 18.3 Å². The van der Waals surface area contributed by atoms with Gasteiger partial charge in [-0.15, -0.1) is 0 Å². The summed E-state index contributed by atoms with van der Waals surface area (Å²) in [5.41, 5.74) is -0.994. The first-order valence-electron chi connectivity index (χ1n) is 4.97. The van der Waals surface area contributed by atoms with Gasteiger partial charge in [-0.1, -0.05) is 0 Å². The molecule has 0 aliphatic rings. The van der Waals surface area contributed by atoms with Crippen molar-refractivity contribution in [3.63, 3.8) is 0 Å². The second-order valence-electron chi connectivity index (χ2n) is 4.63. The summed E-state index contributed by atoms with van der Waals surface area (Å²) in [5.74, 6) is 0. The summed E-state index contributed by atoms with van der Waals surface area (Å²) in [6.07, 6.45) is -4.37. The van der Waals surface area contributed by atoms with Crippen LogP contribution in [0.4, 0.5) is 13.2 Å². The fraction of sp³-hybridized carbons (Fsp3) is 0.700. The van der Waals surface area contributed by atoms with Crippen LogP contribution in [-0.4, -0.2) is 16.8 Å². The first-order valence-corrected chi connectivity index (χ1v) is 4.97. The highest BCUT2D eigenvalue weighted by molar-refractivity contribution is 5.15. The fourth-order valence-corrected chi connectivity index (χ4v) is 1.41. The van der Waals surface area contributed by atoms with Crippen molar-refractivity contribution in [3.05, 3.63) is 17.5 Å². The molecule has 0 bridgehead atoms. The highest BCUT2D eigenvalue weighted by Crippen LogP contribution is 2.32. The first kappa shape index (κ1) is 13.0. The molecular formula is C10H16F3N3. The Morgan fingerprint density at radius 2 is 1.88 bits per heavy atom. The maximum atomic E-state index is 12.8. The average molecular weight is 235 g/mol. The van der Waals surface area contributed by atoms with Crippen molar-refractivity contribution in [1.82, 2.24) is 15.1 Å². The molecule has 0 aromatic carbocycles. The van der Waals surface area contributed by atoms with Gasteiger partial charge in [0.05, 0.1) is 11.2 Å². The summed E-state index contributed by atoms with van der Waals surface area (Å²) in [5, 5.41) is 6.76. The number of hydrogen-bond acceptors (Lipinski definition) is 2. The summed E-state index contributed by atoms with van der Waals surface area (Å²) in [4.78, 5) is 0. The van der Waals surface area contributed by atoms with E-state index in [9.17, 15) is 13.2 Å². The topological polar surface area (TPSA) is 29.9 Å². The third-order valence-corrected chi connectivity index (χ3v) is 2.04. The Labute approximate surface area is 92.6 Å². The zero-order chi connectivity index (χ0) is 12.6. The van der Waals surface area contributed by atoms with Crippen molar-refractivity contribution in [1.29, 1.82) is 0 Å². The monoisotopic (exact) mass is 235 g/mol.